The van der Waals surface area contributed by atoms with Crippen LogP contribution in [0.3, 0.4) is 0 Å². The summed E-state index contributed by atoms with van der Waals surface area (Å²) in [5.74, 6) is -0.00737. The van der Waals surface area contributed by atoms with E-state index in [-0.39, 0.29) is 18.7 Å². The van der Waals surface area contributed by atoms with E-state index in [4.69, 9.17) is 15.2 Å². The van der Waals surface area contributed by atoms with Crippen LogP contribution in [0.1, 0.15) is 22.8 Å². The van der Waals surface area contributed by atoms with Crippen molar-refractivity contribution < 1.29 is 19.1 Å². The Morgan fingerprint density at radius 1 is 1.33 bits per heavy atom. The van der Waals surface area contributed by atoms with E-state index in [1.54, 1.807) is 25.1 Å². The van der Waals surface area contributed by atoms with Crippen LogP contribution in [0.5, 0.6) is 5.75 Å². The lowest BCUT2D eigenvalue weighted by molar-refractivity contribution is -0.117. The van der Waals surface area contributed by atoms with Gasteiger partial charge in [0, 0.05) is 12.0 Å². The lowest BCUT2D eigenvalue weighted by atomic mass is 10.1. The quantitative estimate of drug-likeness (QED) is 0.761. The molecule has 0 atom stereocenters. The van der Waals surface area contributed by atoms with E-state index in [0.717, 1.165) is 0 Å². The lowest BCUT2D eigenvalue weighted by Crippen LogP contribution is -2.16. The Bertz CT molecular complexity index is 443. The second-order valence-corrected chi connectivity index (χ2v) is 3.67. The lowest BCUT2D eigenvalue weighted by Gasteiger charge is -2.09. The fourth-order valence-electron chi connectivity index (χ4n) is 1.52. The summed E-state index contributed by atoms with van der Waals surface area (Å²) < 4.78 is 10.0. The third-order valence-electron chi connectivity index (χ3n) is 2.41. The highest BCUT2D eigenvalue weighted by atomic mass is 16.5. The Morgan fingerprint density at radius 3 is 2.61 bits per heavy atom. The van der Waals surface area contributed by atoms with Crippen molar-refractivity contribution in [1.29, 1.82) is 0 Å². The highest BCUT2D eigenvalue weighted by molar-refractivity contribution is 5.90. The van der Waals surface area contributed by atoms with Crippen molar-refractivity contribution in [2.45, 2.75) is 13.3 Å². The highest BCUT2D eigenvalue weighted by Crippen LogP contribution is 2.21. The molecular weight excluding hydrogens is 234 g/mol. The monoisotopic (exact) mass is 251 g/mol. The van der Waals surface area contributed by atoms with Crippen molar-refractivity contribution in [2.75, 3.05) is 20.3 Å². The molecule has 0 aliphatic heterocycles. The summed E-state index contributed by atoms with van der Waals surface area (Å²) in [4.78, 5) is 22.8. The molecule has 5 nitrogen and oxygen atoms in total. The number of carbonyl (C=O) groups is 2. The molecule has 5 heteroatoms. The van der Waals surface area contributed by atoms with Crippen LogP contribution in [0.15, 0.2) is 18.2 Å². The number of Topliss-reactive ketones (excluding diaryl/α,β-unsaturated/α-hetero) is 1. The first kappa shape index (κ1) is 14.2. The summed E-state index contributed by atoms with van der Waals surface area (Å²) in [5, 5.41) is 0. The minimum absolute atomic E-state index is 0.0111. The molecule has 1 aromatic carbocycles. The third kappa shape index (κ3) is 3.56. The van der Waals surface area contributed by atoms with Gasteiger partial charge in [-0.25, -0.2) is 4.79 Å². The van der Waals surface area contributed by atoms with Crippen molar-refractivity contribution in [2.24, 2.45) is 5.73 Å². The maximum absolute atomic E-state index is 11.5. The van der Waals surface area contributed by atoms with Gasteiger partial charge < -0.3 is 15.2 Å². The van der Waals surface area contributed by atoms with Crippen LogP contribution in [0, 0.1) is 0 Å². The van der Waals surface area contributed by atoms with Gasteiger partial charge in [-0.3, -0.25) is 4.79 Å². The summed E-state index contributed by atoms with van der Waals surface area (Å²) in [6.07, 6.45) is 0.197. The van der Waals surface area contributed by atoms with E-state index in [2.05, 4.69) is 0 Å². The Hall–Kier alpha value is -1.88. The number of nitrogens with two attached hydrogens (primary N) is 1. The van der Waals surface area contributed by atoms with Crippen molar-refractivity contribution in [3.05, 3.63) is 29.3 Å². The first-order valence-corrected chi connectivity index (χ1v) is 5.68. The van der Waals surface area contributed by atoms with Crippen LogP contribution in [0.2, 0.25) is 0 Å². The van der Waals surface area contributed by atoms with Gasteiger partial charge >= 0.3 is 5.97 Å². The maximum atomic E-state index is 11.5. The Morgan fingerprint density at radius 2 is 2.06 bits per heavy atom. The Balaban J connectivity index is 2.96. The standard InChI is InChI=1S/C13H17NO4/c1-3-18-13(16)10-5-4-9(6-11(15)8-14)12(7-10)17-2/h4-5,7H,3,6,8,14H2,1-2H3. The molecule has 0 aliphatic rings. The normalized spacial score (nSPS) is 9.94. The van der Waals surface area contributed by atoms with E-state index >= 15 is 0 Å². The molecule has 18 heavy (non-hydrogen) atoms. The zero-order valence-electron chi connectivity index (χ0n) is 10.6. The average molecular weight is 251 g/mol. The molecule has 0 unspecified atom stereocenters. The molecule has 0 bridgehead atoms. The van der Waals surface area contributed by atoms with Crippen LogP contribution >= 0.6 is 0 Å². The molecule has 2 N–H and O–H groups in total. The molecule has 0 amide bonds. The van der Waals surface area contributed by atoms with Gasteiger partial charge in [-0.2, -0.15) is 0 Å². The number of hydrogen-bond acceptors (Lipinski definition) is 5. The van der Waals surface area contributed by atoms with E-state index in [1.807, 2.05) is 0 Å². The number of benzene rings is 1. The number of ketones is 1. The van der Waals surface area contributed by atoms with Crippen LogP contribution < -0.4 is 10.5 Å². The molecule has 0 saturated heterocycles. The summed E-state index contributed by atoms with van der Waals surface area (Å²) in [7, 11) is 1.49. The predicted molar refractivity (Wildman–Crippen MR) is 66.7 cm³/mol. The van der Waals surface area contributed by atoms with Gasteiger partial charge in [-0.1, -0.05) is 6.07 Å². The Labute approximate surface area is 106 Å². The highest BCUT2D eigenvalue weighted by Gasteiger charge is 2.12. The molecular formula is C13H17NO4. The largest absolute Gasteiger partial charge is 0.496 e. The van der Waals surface area contributed by atoms with Gasteiger partial charge in [0.05, 0.1) is 25.8 Å². The van der Waals surface area contributed by atoms with Gasteiger partial charge in [0.1, 0.15) is 5.75 Å². The number of rotatable bonds is 6. The summed E-state index contributed by atoms with van der Waals surface area (Å²) >= 11 is 0. The molecule has 0 saturated carbocycles. The fraction of sp³-hybridized carbons (Fsp3) is 0.385. The first-order valence-electron chi connectivity index (χ1n) is 5.68. The number of methoxy groups -OCH3 is 1. The second-order valence-electron chi connectivity index (χ2n) is 3.67. The molecule has 0 radical (unpaired) electrons. The molecule has 0 aromatic heterocycles. The molecule has 0 heterocycles. The predicted octanol–water partition coefficient (Wildman–Crippen LogP) is 0.942. The smallest absolute Gasteiger partial charge is 0.338 e. The van der Waals surface area contributed by atoms with E-state index in [9.17, 15) is 9.59 Å². The van der Waals surface area contributed by atoms with Crippen LogP contribution in [0.25, 0.3) is 0 Å². The minimum Gasteiger partial charge on any atom is -0.496 e. The third-order valence-corrected chi connectivity index (χ3v) is 2.41. The van der Waals surface area contributed by atoms with Gasteiger partial charge in [-0.05, 0) is 19.1 Å². The molecule has 0 spiro atoms. The van der Waals surface area contributed by atoms with Crippen LogP contribution in [0.4, 0.5) is 0 Å². The van der Waals surface area contributed by atoms with E-state index in [0.29, 0.717) is 23.5 Å². The van der Waals surface area contributed by atoms with Gasteiger partial charge in [0.2, 0.25) is 0 Å². The number of hydrogen-bond donors (Lipinski definition) is 1. The SMILES string of the molecule is CCOC(=O)c1ccc(CC(=O)CN)c(OC)c1. The molecule has 1 rings (SSSR count). The minimum atomic E-state index is -0.410. The van der Waals surface area contributed by atoms with Gasteiger partial charge in [-0.15, -0.1) is 0 Å². The van der Waals surface area contributed by atoms with Gasteiger partial charge in [0.15, 0.2) is 5.78 Å². The Kier molecular flexibility index (Phi) is 5.32. The zero-order chi connectivity index (χ0) is 13.5. The molecule has 0 fully saturated rings. The molecule has 98 valence electrons. The van der Waals surface area contributed by atoms with Crippen molar-refractivity contribution in [3.63, 3.8) is 0 Å². The summed E-state index contributed by atoms with van der Waals surface area (Å²) in [5.41, 5.74) is 6.37. The number of ether oxygens (including phenoxy) is 2. The van der Waals surface area contributed by atoms with Crippen LogP contribution in [-0.4, -0.2) is 32.0 Å². The van der Waals surface area contributed by atoms with Crippen molar-refractivity contribution in [1.82, 2.24) is 0 Å². The van der Waals surface area contributed by atoms with Crippen molar-refractivity contribution >= 4 is 11.8 Å². The van der Waals surface area contributed by atoms with Crippen LogP contribution in [-0.2, 0) is 16.0 Å². The fourth-order valence-corrected chi connectivity index (χ4v) is 1.52. The number of esters is 1. The zero-order valence-corrected chi connectivity index (χ0v) is 10.6. The topological polar surface area (TPSA) is 78.6 Å². The van der Waals surface area contributed by atoms with Gasteiger partial charge in [0.25, 0.3) is 0 Å². The maximum Gasteiger partial charge on any atom is 0.338 e. The van der Waals surface area contributed by atoms with E-state index in [1.165, 1.54) is 7.11 Å². The molecule has 0 aliphatic carbocycles. The summed E-state index contributed by atoms with van der Waals surface area (Å²) in [6.45, 7) is 2.04. The first-order chi connectivity index (χ1) is 8.62. The number of carbonyl (C=O) groups excluding carboxylic acids is 2. The second kappa shape index (κ2) is 6.76. The van der Waals surface area contributed by atoms with Crippen molar-refractivity contribution in [3.8, 4) is 5.75 Å². The molecule has 1 aromatic rings. The average Bonchev–Trinajstić information content (AvgIpc) is 2.39. The summed E-state index contributed by atoms with van der Waals surface area (Å²) in [6, 6.07) is 4.86. The van der Waals surface area contributed by atoms with E-state index < -0.39 is 5.97 Å².